The van der Waals surface area contributed by atoms with E-state index in [-0.39, 0.29) is 5.91 Å². The van der Waals surface area contributed by atoms with E-state index in [0.29, 0.717) is 12.3 Å². The second kappa shape index (κ2) is 5.45. The van der Waals surface area contributed by atoms with Crippen LogP contribution >= 0.6 is 0 Å². The smallest absolute Gasteiger partial charge is 0.223 e. The van der Waals surface area contributed by atoms with Crippen LogP contribution in [0.2, 0.25) is 0 Å². The van der Waals surface area contributed by atoms with Crippen LogP contribution in [0.1, 0.15) is 12.1 Å². The Kier molecular flexibility index (Phi) is 3.50. The number of amides is 1. The number of carbonyl (C=O) groups is 1. The molecule has 1 atom stereocenters. The van der Waals surface area contributed by atoms with Gasteiger partial charge < -0.3 is 4.90 Å². The molecule has 0 N–H and O–H groups in total. The molecule has 20 heavy (non-hydrogen) atoms. The third-order valence-corrected chi connectivity index (χ3v) is 3.90. The summed E-state index contributed by atoms with van der Waals surface area (Å²) in [6.07, 6.45) is 5.20. The summed E-state index contributed by atoms with van der Waals surface area (Å²) < 4.78 is 0. The van der Waals surface area contributed by atoms with Gasteiger partial charge in [0.25, 0.3) is 0 Å². The minimum Gasteiger partial charge on any atom is -0.342 e. The molecule has 2 aromatic rings. The van der Waals surface area contributed by atoms with Crippen LogP contribution < -0.4 is 0 Å². The average Bonchev–Trinajstić information content (AvgIpc) is 2.85. The van der Waals surface area contributed by atoms with Gasteiger partial charge in [-0.1, -0.05) is 30.3 Å². The van der Waals surface area contributed by atoms with E-state index < -0.39 is 0 Å². The zero-order valence-electron chi connectivity index (χ0n) is 11.5. The van der Waals surface area contributed by atoms with Crippen LogP contribution in [0.4, 0.5) is 0 Å². The number of hydrogen-bond acceptors (Lipinski definition) is 2. The molecule has 1 aromatic heterocycles. The van der Waals surface area contributed by atoms with Crippen LogP contribution in [0.25, 0.3) is 10.8 Å². The fourth-order valence-electron chi connectivity index (χ4n) is 2.69. The van der Waals surface area contributed by atoms with E-state index in [0.717, 1.165) is 30.6 Å². The van der Waals surface area contributed by atoms with E-state index in [9.17, 15) is 4.79 Å². The Morgan fingerprint density at radius 3 is 2.90 bits per heavy atom. The van der Waals surface area contributed by atoms with Crippen molar-refractivity contribution in [3.05, 3.63) is 54.9 Å². The van der Waals surface area contributed by atoms with Crippen molar-refractivity contribution in [3.8, 4) is 0 Å². The van der Waals surface area contributed by atoms with Gasteiger partial charge in [0.05, 0.1) is 0 Å². The van der Waals surface area contributed by atoms with Crippen LogP contribution in [0.3, 0.4) is 0 Å². The highest BCUT2D eigenvalue weighted by Crippen LogP contribution is 2.19. The number of rotatable bonds is 4. The molecule has 1 aliphatic rings. The van der Waals surface area contributed by atoms with E-state index in [1.54, 1.807) is 0 Å². The monoisotopic (exact) mass is 266 g/mol. The Balaban J connectivity index is 1.68. The summed E-state index contributed by atoms with van der Waals surface area (Å²) in [6, 6.07) is 10.3. The zero-order chi connectivity index (χ0) is 13.9. The first-order chi connectivity index (χ1) is 9.76. The first kappa shape index (κ1) is 12.9. The van der Waals surface area contributed by atoms with E-state index in [1.165, 1.54) is 5.39 Å². The lowest BCUT2D eigenvalue weighted by atomic mass is 10.1. The SMILES string of the molecule is C=CC1CC(=O)N(CCc2cc3ccccc3cn2)C1. The molecule has 1 aromatic carbocycles. The largest absolute Gasteiger partial charge is 0.342 e. The molecule has 1 saturated heterocycles. The highest BCUT2D eigenvalue weighted by atomic mass is 16.2. The van der Waals surface area contributed by atoms with Crippen LogP contribution in [-0.4, -0.2) is 28.9 Å². The van der Waals surface area contributed by atoms with Gasteiger partial charge in [0.15, 0.2) is 0 Å². The predicted molar refractivity (Wildman–Crippen MR) is 80.3 cm³/mol. The van der Waals surface area contributed by atoms with Gasteiger partial charge >= 0.3 is 0 Å². The van der Waals surface area contributed by atoms with Gasteiger partial charge in [-0.05, 0) is 11.5 Å². The molecular formula is C17H18N2O. The van der Waals surface area contributed by atoms with Gasteiger partial charge in [0.1, 0.15) is 0 Å². The van der Waals surface area contributed by atoms with Crippen molar-refractivity contribution in [2.75, 3.05) is 13.1 Å². The summed E-state index contributed by atoms with van der Waals surface area (Å²) in [4.78, 5) is 18.2. The highest BCUT2D eigenvalue weighted by molar-refractivity contribution is 5.82. The molecule has 0 saturated carbocycles. The first-order valence-electron chi connectivity index (χ1n) is 7.00. The van der Waals surface area contributed by atoms with E-state index in [4.69, 9.17) is 0 Å². The van der Waals surface area contributed by atoms with Gasteiger partial charge in [-0.25, -0.2) is 0 Å². The van der Waals surface area contributed by atoms with Crippen molar-refractivity contribution in [2.45, 2.75) is 12.8 Å². The summed E-state index contributed by atoms with van der Waals surface area (Å²) in [5.41, 5.74) is 1.04. The topological polar surface area (TPSA) is 33.2 Å². The number of hydrogen-bond donors (Lipinski definition) is 0. The third kappa shape index (κ3) is 2.57. The third-order valence-electron chi connectivity index (χ3n) is 3.90. The summed E-state index contributed by atoms with van der Waals surface area (Å²) >= 11 is 0. The summed E-state index contributed by atoms with van der Waals surface area (Å²) in [6.45, 7) is 5.32. The van der Waals surface area contributed by atoms with Crippen LogP contribution in [-0.2, 0) is 11.2 Å². The van der Waals surface area contributed by atoms with Crippen molar-refractivity contribution in [1.82, 2.24) is 9.88 Å². The standard InChI is InChI=1S/C17H18N2O/c1-2-13-9-17(20)19(12-13)8-7-16-10-14-5-3-4-6-15(14)11-18-16/h2-6,10-11,13H,1,7-9,12H2. The molecule has 102 valence electrons. The van der Waals surface area contributed by atoms with Crippen LogP contribution in [0.15, 0.2) is 49.2 Å². The molecule has 1 aliphatic heterocycles. The number of fused-ring (bicyclic) bond motifs is 1. The van der Waals surface area contributed by atoms with E-state index >= 15 is 0 Å². The normalized spacial score (nSPS) is 18.7. The molecule has 1 amide bonds. The molecule has 1 fully saturated rings. The van der Waals surface area contributed by atoms with Crippen LogP contribution in [0.5, 0.6) is 0 Å². The summed E-state index contributed by atoms with van der Waals surface area (Å²) in [5.74, 6) is 0.544. The predicted octanol–water partition coefficient (Wildman–Crippen LogP) is 2.81. The maximum atomic E-state index is 11.8. The molecule has 0 bridgehead atoms. The Morgan fingerprint density at radius 1 is 1.35 bits per heavy atom. The van der Waals surface area contributed by atoms with Crippen LogP contribution in [0, 0.1) is 5.92 Å². The molecule has 0 aliphatic carbocycles. The quantitative estimate of drug-likeness (QED) is 0.797. The van der Waals surface area contributed by atoms with Gasteiger partial charge in [-0.3, -0.25) is 9.78 Å². The number of benzene rings is 1. The zero-order valence-corrected chi connectivity index (χ0v) is 11.5. The van der Waals surface area contributed by atoms with E-state index in [2.05, 4.69) is 29.8 Å². The maximum absolute atomic E-state index is 11.8. The molecule has 3 heteroatoms. The van der Waals surface area contributed by atoms with Crippen molar-refractivity contribution in [1.29, 1.82) is 0 Å². The van der Waals surface area contributed by atoms with Gasteiger partial charge in [0, 0.05) is 49.1 Å². The summed E-state index contributed by atoms with van der Waals surface area (Å²) in [7, 11) is 0. The fraction of sp³-hybridized carbons (Fsp3) is 0.294. The van der Waals surface area contributed by atoms with Gasteiger partial charge in [-0.2, -0.15) is 0 Å². The number of nitrogens with zero attached hydrogens (tertiary/aromatic N) is 2. The Morgan fingerprint density at radius 2 is 2.15 bits per heavy atom. The van der Waals surface area contributed by atoms with Gasteiger partial charge in [0.2, 0.25) is 5.91 Å². The Hall–Kier alpha value is -2.16. The number of likely N-dealkylation sites (tertiary alicyclic amines) is 1. The van der Waals surface area contributed by atoms with Crippen molar-refractivity contribution >= 4 is 16.7 Å². The van der Waals surface area contributed by atoms with Crippen molar-refractivity contribution in [2.24, 2.45) is 5.92 Å². The second-order valence-corrected chi connectivity index (χ2v) is 5.31. The molecule has 0 radical (unpaired) electrons. The fourth-order valence-corrected chi connectivity index (χ4v) is 2.69. The minimum absolute atomic E-state index is 0.232. The lowest BCUT2D eigenvalue weighted by Crippen LogP contribution is -2.27. The molecule has 1 unspecified atom stereocenters. The lowest BCUT2D eigenvalue weighted by Gasteiger charge is -2.15. The highest BCUT2D eigenvalue weighted by Gasteiger charge is 2.26. The molecular weight excluding hydrogens is 248 g/mol. The Labute approximate surface area is 118 Å². The number of aromatic nitrogens is 1. The first-order valence-corrected chi connectivity index (χ1v) is 7.00. The minimum atomic E-state index is 0.232. The lowest BCUT2D eigenvalue weighted by molar-refractivity contribution is -0.127. The number of carbonyl (C=O) groups excluding carboxylic acids is 1. The van der Waals surface area contributed by atoms with Crippen molar-refractivity contribution in [3.63, 3.8) is 0 Å². The summed E-state index contributed by atoms with van der Waals surface area (Å²) in [5, 5.41) is 2.36. The molecule has 0 spiro atoms. The molecule has 3 rings (SSSR count). The number of pyridine rings is 1. The maximum Gasteiger partial charge on any atom is 0.223 e. The van der Waals surface area contributed by atoms with E-state index in [1.807, 2.05) is 29.3 Å². The van der Waals surface area contributed by atoms with Crippen molar-refractivity contribution < 1.29 is 4.79 Å². The average molecular weight is 266 g/mol. The second-order valence-electron chi connectivity index (χ2n) is 5.31. The van der Waals surface area contributed by atoms with Gasteiger partial charge in [-0.15, -0.1) is 6.58 Å². The Bertz CT molecular complexity index is 650. The molecule has 3 nitrogen and oxygen atoms in total. The molecule has 2 heterocycles.